The fourth-order valence-corrected chi connectivity index (χ4v) is 1.64. The van der Waals surface area contributed by atoms with E-state index in [9.17, 15) is 13.2 Å². The molecule has 2 N–H and O–H groups in total. The van der Waals surface area contributed by atoms with Gasteiger partial charge in [0.15, 0.2) is 0 Å². The lowest BCUT2D eigenvalue weighted by molar-refractivity contribution is -0.274. The molecule has 0 heterocycles. The standard InChI is InChI=1S/C13H18F3NO2/c1-10(5-6-18)8-17-9-11-3-2-4-12(7-11)19-13(14,15)16/h2-4,7,10,17-18H,5-6,8-9H2,1H3. The van der Waals surface area contributed by atoms with Crippen LogP contribution in [0.2, 0.25) is 0 Å². The van der Waals surface area contributed by atoms with E-state index in [1.807, 2.05) is 6.92 Å². The third-order valence-corrected chi connectivity index (χ3v) is 2.58. The van der Waals surface area contributed by atoms with E-state index in [-0.39, 0.29) is 12.4 Å². The van der Waals surface area contributed by atoms with Crippen molar-refractivity contribution in [2.24, 2.45) is 5.92 Å². The lowest BCUT2D eigenvalue weighted by Gasteiger charge is -2.12. The molecule has 0 fully saturated rings. The first-order valence-corrected chi connectivity index (χ1v) is 6.07. The number of aliphatic hydroxyl groups excluding tert-OH is 1. The van der Waals surface area contributed by atoms with Gasteiger partial charge in [0.2, 0.25) is 0 Å². The van der Waals surface area contributed by atoms with Crippen LogP contribution in [0.1, 0.15) is 18.9 Å². The summed E-state index contributed by atoms with van der Waals surface area (Å²) < 4.78 is 40.0. The zero-order valence-corrected chi connectivity index (χ0v) is 10.7. The van der Waals surface area contributed by atoms with Crippen LogP contribution in [0.5, 0.6) is 5.75 Å². The van der Waals surface area contributed by atoms with Crippen molar-refractivity contribution in [2.45, 2.75) is 26.3 Å². The lowest BCUT2D eigenvalue weighted by atomic mass is 10.1. The van der Waals surface area contributed by atoms with Gasteiger partial charge in [0.1, 0.15) is 5.75 Å². The molecule has 1 rings (SSSR count). The van der Waals surface area contributed by atoms with E-state index < -0.39 is 6.36 Å². The Labute approximate surface area is 110 Å². The van der Waals surface area contributed by atoms with Crippen LogP contribution >= 0.6 is 0 Å². The first-order chi connectivity index (χ1) is 8.90. The Bertz CT molecular complexity index is 382. The number of aliphatic hydroxyl groups is 1. The minimum atomic E-state index is -4.66. The van der Waals surface area contributed by atoms with Gasteiger partial charge < -0.3 is 15.2 Å². The van der Waals surface area contributed by atoms with Crippen molar-refractivity contribution in [1.29, 1.82) is 0 Å². The van der Waals surface area contributed by atoms with Crippen molar-refractivity contribution >= 4 is 0 Å². The summed E-state index contributed by atoms with van der Waals surface area (Å²) in [7, 11) is 0. The van der Waals surface area contributed by atoms with Crippen LogP contribution in [-0.2, 0) is 6.54 Å². The van der Waals surface area contributed by atoms with Crippen molar-refractivity contribution < 1.29 is 23.0 Å². The fourth-order valence-electron chi connectivity index (χ4n) is 1.64. The first-order valence-electron chi connectivity index (χ1n) is 6.07. The molecule has 0 amide bonds. The number of alkyl halides is 3. The maximum atomic E-state index is 12.1. The maximum absolute atomic E-state index is 12.1. The van der Waals surface area contributed by atoms with E-state index in [1.54, 1.807) is 6.07 Å². The average Bonchev–Trinajstić information content (AvgIpc) is 2.27. The van der Waals surface area contributed by atoms with Gasteiger partial charge in [-0.3, -0.25) is 0 Å². The molecule has 19 heavy (non-hydrogen) atoms. The Morgan fingerprint density at radius 3 is 2.74 bits per heavy atom. The number of halogens is 3. The van der Waals surface area contributed by atoms with Gasteiger partial charge in [0.05, 0.1) is 0 Å². The molecule has 0 aliphatic heterocycles. The summed E-state index contributed by atoms with van der Waals surface area (Å²) >= 11 is 0. The van der Waals surface area contributed by atoms with Crippen LogP contribution in [-0.4, -0.2) is 24.6 Å². The van der Waals surface area contributed by atoms with Crippen LogP contribution in [0, 0.1) is 5.92 Å². The molecule has 1 aromatic carbocycles. The minimum absolute atomic E-state index is 0.137. The molecular weight excluding hydrogens is 259 g/mol. The third-order valence-electron chi connectivity index (χ3n) is 2.58. The SMILES string of the molecule is CC(CCO)CNCc1cccc(OC(F)(F)F)c1. The predicted molar refractivity (Wildman–Crippen MR) is 65.7 cm³/mol. The van der Waals surface area contributed by atoms with E-state index in [0.29, 0.717) is 25.4 Å². The summed E-state index contributed by atoms with van der Waals surface area (Å²) in [4.78, 5) is 0. The van der Waals surface area contributed by atoms with Gasteiger partial charge in [0.25, 0.3) is 0 Å². The largest absolute Gasteiger partial charge is 0.573 e. The Hall–Kier alpha value is -1.27. The summed E-state index contributed by atoms with van der Waals surface area (Å²) in [6.45, 7) is 3.29. The maximum Gasteiger partial charge on any atom is 0.573 e. The minimum Gasteiger partial charge on any atom is -0.406 e. The molecule has 0 aromatic heterocycles. The van der Waals surface area contributed by atoms with E-state index in [2.05, 4.69) is 10.1 Å². The highest BCUT2D eigenvalue weighted by Gasteiger charge is 2.31. The number of hydrogen-bond donors (Lipinski definition) is 2. The molecule has 1 unspecified atom stereocenters. The number of benzene rings is 1. The van der Waals surface area contributed by atoms with Crippen LogP contribution in [0.3, 0.4) is 0 Å². The quantitative estimate of drug-likeness (QED) is 0.805. The molecule has 1 atom stereocenters. The highest BCUT2D eigenvalue weighted by atomic mass is 19.4. The highest BCUT2D eigenvalue weighted by Crippen LogP contribution is 2.23. The fraction of sp³-hybridized carbons (Fsp3) is 0.538. The topological polar surface area (TPSA) is 41.5 Å². The molecule has 0 spiro atoms. The molecule has 108 valence electrons. The first kappa shape index (κ1) is 15.8. The molecule has 0 aliphatic rings. The Morgan fingerprint density at radius 1 is 1.37 bits per heavy atom. The summed E-state index contributed by atoms with van der Waals surface area (Å²) in [6, 6.07) is 5.88. The number of ether oxygens (including phenoxy) is 1. The summed E-state index contributed by atoms with van der Waals surface area (Å²) in [5.74, 6) is 0.106. The zero-order chi connectivity index (χ0) is 14.3. The number of hydrogen-bond acceptors (Lipinski definition) is 3. The third kappa shape index (κ3) is 7.03. The second-order valence-electron chi connectivity index (χ2n) is 4.44. The predicted octanol–water partition coefficient (Wildman–Crippen LogP) is 2.69. The van der Waals surface area contributed by atoms with Crippen molar-refractivity contribution in [1.82, 2.24) is 5.32 Å². The summed E-state index contributed by atoms with van der Waals surface area (Å²) in [5.41, 5.74) is 0.720. The van der Waals surface area contributed by atoms with E-state index in [4.69, 9.17) is 5.11 Å². The smallest absolute Gasteiger partial charge is 0.406 e. The van der Waals surface area contributed by atoms with Crippen LogP contribution in [0.4, 0.5) is 13.2 Å². The van der Waals surface area contributed by atoms with Crippen molar-refractivity contribution in [3.63, 3.8) is 0 Å². The Balaban J connectivity index is 2.44. The zero-order valence-electron chi connectivity index (χ0n) is 10.7. The van der Waals surface area contributed by atoms with E-state index in [1.165, 1.54) is 18.2 Å². The van der Waals surface area contributed by atoms with Crippen LogP contribution in [0.25, 0.3) is 0 Å². The molecule has 0 aliphatic carbocycles. The second kappa shape index (κ2) is 7.35. The number of rotatable bonds is 7. The van der Waals surface area contributed by atoms with Crippen LogP contribution < -0.4 is 10.1 Å². The Morgan fingerprint density at radius 2 is 2.11 bits per heavy atom. The molecule has 0 bridgehead atoms. The van der Waals surface area contributed by atoms with Gasteiger partial charge in [-0.2, -0.15) is 0 Å². The van der Waals surface area contributed by atoms with Crippen LogP contribution in [0.15, 0.2) is 24.3 Å². The molecule has 0 radical (unpaired) electrons. The monoisotopic (exact) mass is 277 g/mol. The lowest BCUT2D eigenvalue weighted by Crippen LogP contribution is -2.21. The van der Waals surface area contributed by atoms with Gasteiger partial charge in [-0.15, -0.1) is 13.2 Å². The summed E-state index contributed by atoms with van der Waals surface area (Å²) in [6.07, 6.45) is -3.97. The van der Waals surface area contributed by atoms with Crippen molar-refractivity contribution in [3.05, 3.63) is 29.8 Å². The van der Waals surface area contributed by atoms with Gasteiger partial charge >= 0.3 is 6.36 Å². The molecule has 1 aromatic rings. The van der Waals surface area contributed by atoms with E-state index >= 15 is 0 Å². The molecule has 6 heteroatoms. The van der Waals surface area contributed by atoms with Gasteiger partial charge in [0, 0.05) is 13.2 Å². The van der Waals surface area contributed by atoms with Gasteiger partial charge in [-0.05, 0) is 36.6 Å². The normalized spacial score (nSPS) is 13.3. The van der Waals surface area contributed by atoms with Gasteiger partial charge in [-0.25, -0.2) is 0 Å². The van der Waals surface area contributed by atoms with Crippen molar-refractivity contribution in [3.8, 4) is 5.75 Å². The summed E-state index contributed by atoms with van der Waals surface area (Å²) in [5, 5.41) is 11.9. The van der Waals surface area contributed by atoms with Gasteiger partial charge in [-0.1, -0.05) is 19.1 Å². The van der Waals surface area contributed by atoms with Crippen molar-refractivity contribution in [2.75, 3.05) is 13.2 Å². The molecule has 0 saturated heterocycles. The molecule has 0 saturated carbocycles. The molecular formula is C13H18F3NO2. The highest BCUT2D eigenvalue weighted by molar-refractivity contribution is 5.28. The number of nitrogens with one attached hydrogen (secondary N) is 1. The Kier molecular flexibility index (Phi) is 6.11. The second-order valence-corrected chi connectivity index (χ2v) is 4.44. The molecule has 3 nitrogen and oxygen atoms in total. The average molecular weight is 277 g/mol. The van der Waals surface area contributed by atoms with E-state index in [0.717, 1.165) is 5.56 Å².